The first-order chi connectivity index (χ1) is 4.36. The second-order valence-electron chi connectivity index (χ2n) is 3.40. The van der Waals surface area contributed by atoms with Crippen molar-refractivity contribution >= 4 is 0 Å². The van der Waals surface area contributed by atoms with E-state index < -0.39 is 12.0 Å². The second kappa shape index (κ2) is 3.28. The molecule has 0 saturated heterocycles. The van der Waals surface area contributed by atoms with Crippen LogP contribution < -0.4 is 5.73 Å². The lowest BCUT2D eigenvalue weighted by Gasteiger charge is -2.25. The smallest absolute Gasteiger partial charge is 0.256 e. The van der Waals surface area contributed by atoms with Crippen molar-refractivity contribution in [2.45, 2.75) is 39.2 Å². The average molecular weight is 151 g/mol. The van der Waals surface area contributed by atoms with Crippen molar-refractivity contribution in [1.29, 1.82) is 0 Å². The van der Waals surface area contributed by atoms with Crippen LogP contribution in [0.5, 0.6) is 0 Å². The molecule has 0 amide bonds. The highest BCUT2D eigenvalue weighted by atomic mass is 19.3. The van der Waals surface area contributed by atoms with Crippen LogP contribution in [0.25, 0.3) is 0 Å². The first kappa shape index (κ1) is 9.82. The maximum absolute atomic E-state index is 12.0. The molecule has 0 aliphatic rings. The Hall–Kier alpha value is -0.180. The fourth-order valence-electron chi connectivity index (χ4n) is 0.969. The molecule has 2 N–H and O–H groups in total. The van der Waals surface area contributed by atoms with Gasteiger partial charge in [0, 0.05) is 0 Å². The van der Waals surface area contributed by atoms with Gasteiger partial charge in [0.15, 0.2) is 0 Å². The van der Waals surface area contributed by atoms with Gasteiger partial charge in [0.2, 0.25) is 0 Å². The lowest BCUT2D eigenvalue weighted by atomic mass is 9.92. The number of alkyl halides is 2. The van der Waals surface area contributed by atoms with Crippen LogP contribution in [0.1, 0.15) is 27.2 Å². The van der Waals surface area contributed by atoms with E-state index >= 15 is 0 Å². The van der Waals surface area contributed by atoms with E-state index in [1.165, 1.54) is 6.92 Å². The van der Waals surface area contributed by atoms with E-state index in [9.17, 15) is 8.78 Å². The average Bonchev–Trinajstić information content (AvgIpc) is 1.60. The van der Waals surface area contributed by atoms with E-state index in [1.807, 2.05) is 13.8 Å². The van der Waals surface area contributed by atoms with Gasteiger partial charge >= 0.3 is 0 Å². The summed E-state index contributed by atoms with van der Waals surface area (Å²) in [7, 11) is 0. The summed E-state index contributed by atoms with van der Waals surface area (Å²) in [6.45, 7) is 5.15. The maximum Gasteiger partial charge on any atom is 0.256 e. The first-order valence-electron chi connectivity index (χ1n) is 3.43. The number of hydrogen-bond donors (Lipinski definition) is 1. The molecule has 10 heavy (non-hydrogen) atoms. The van der Waals surface area contributed by atoms with E-state index in [1.54, 1.807) is 0 Å². The van der Waals surface area contributed by atoms with Crippen molar-refractivity contribution < 1.29 is 8.78 Å². The summed E-state index contributed by atoms with van der Waals surface area (Å²) in [5.41, 5.74) is 4.00. The quantitative estimate of drug-likeness (QED) is 0.656. The van der Waals surface area contributed by atoms with Crippen LogP contribution in [-0.4, -0.2) is 12.0 Å². The van der Waals surface area contributed by atoms with Crippen molar-refractivity contribution in [3.63, 3.8) is 0 Å². The van der Waals surface area contributed by atoms with Gasteiger partial charge in [0.25, 0.3) is 6.43 Å². The second-order valence-corrected chi connectivity index (χ2v) is 3.40. The van der Waals surface area contributed by atoms with Gasteiger partial charge in [-0.25, -0.2) is 8.78 Å². The van der Waals surface area contributed by atoms with Crippen LogP contribution >= 0.6 is 0 Å². The van der Waals surface area contributed by atoms with Crippen molar-refractivity contribution in [2.75, 3.05) is 0 Å². The molecule has 0 bridgehead atoms. The van der Waals surface area contributed by atoms with Crippen LogP contribution in [0.15, 0.2) is 0 Å². The summed E-state index contributed by atoms with van der Waals surface area (Å²) >= 11 is 0. The zero-order valence-corrected chi connectivity index (χ0v) is 6.70. The highest BCUT2D eigenvalue weighted by Gasteiger charge is 2.30. The van der Waals surface area contributed by atoms with E-state index in [0.717, 1.165) is 0 Å². The third kappa shape index (κ3) is 3.11. The largest absolute Gasteiger partial charge is 0.321 e. The molecular weight excluding hydrogens is 136 g/mol. The lowest BCUT2D eigenvalue weighted by molar-refractivity contribution is 0.0519. The Morgan fingerprint density at radius 2 is 1.80 bits per heavy atom. The Bertz CT molecular complexity index is 99.8. The summed E-state index contributed by atoms with van der Waals surface area (Å²) in [6.07, 6.45) is -2.06. The number of rotatable bonds is 3. The van der Waals surface area contributed by atoms with E-state index in [2.05, 4.69) is 0 Å². The molecule has 0 rings (SSSR count). The fourth-order valence-corrected chi connectivity index (χ4v) is 0.969. The molecule has 62 valence electrons. The monoisotopic (exact) mass is 151 g/mol. The molecule has 1 nitrogen and oxygen atoms in total. The molecule has 0 aliphatic carbocycles. The lowest BCUT2D eigenvalue weighted by Crippen LogP contribution is -2.44. The SMILES string of the molecule is CC(C)CC(C)(N)C(F)F. The normalized spacial score (nSPS) is 18.0. The summed E-state index contributed by atoms with van der Waals surface area (Å²) < 4.78 is 24.1. The Morgan fingerprint density at radius 3 is 1.90 bits per heavy atom. The molecule has 0 aromatic heterocycles. The van der Waals surface area contributed by atoms with Crippen molar-refractivity contribution in [3.05, 3.63) is 0 Å². The Kier molecular flexibility index (Phi) is 3.22. The number of nitrogens with two attached hydrogens (primary N) is 1. The van der Waals surface area contributed by atoms with Crippen LogP contribution in [0.2, 0.25) is 0 Å². The minimum absolute atomic E-state index is 0.226. The van der Waals surface area contributed by atoms with Gasteiger partial charge < -0.3 is 5.73 Å². The molecule has 0 heterocycles. The molecule has 0 fully saturated rings. The predicted molar refractivity (Wildman–Crippen MR) is 38.1 cm³/mol. The van der Waals surface area contributed by atoms with E-state index in [0.29, 0.717) is 6.42 Å². The summed E-state index contributed by atoms with van der Waals surface area (Å²) in [5.74, 6) is 0.226. The topological polar surface area (TPSA) is 26.0 Å². The summed E-state index contributed by atoms with van der Waals surface area (Å²) in [5, 5.41) is 0. The van der Waals surface area contributed by atoms with Gasteiger partial charge in [0.1, 0.15) is 0 Å². The van der Waals surface area contributed by atoms with Gasteiger partial charge in [-0.05, 0) is 19.3 Å². The van der Waals surface area contributed by atoms with E-state index in [-0.39, 0.29) is 5.92 Å². The van der Waals surface area contributed by atoms with E-state index in [4.69, 9.17) is 5.73 Å². The molecule has 0 spiro atoms. The Labute approximate surface area is 60.6 Å². The molecule has 1 unspecified atom stereocenters. The first-order valence-corrected chi connectivity index (χ1v) is 3.43. The van der Waals surface area contributed by atoms with Gasteiger partial charge in [0.05, 0.1) is 5.54 Å². The van der Waals surface area contributed by atoms with Gasteiger partial charge in [-0.3, -0.25) is 0 Å². The number of hydrogen-bond acceptors (Lipinski definition) is 1. The highest BCUT2D eigenvalue weighted by Crippen LogP contribution is 2.20. The molecule has 0 aliphatic heterocycles. The Balaban J connectivity index is 3.87. The molecule has 1 atom stereocenters. The standard InChI is InChI=1S/C7H15F2N/c1-5(2)4-7(3,10)6(8)9/h5-6H,4,10H2,1-3H3. The summed E-state index contributed by atoms with van der Waals surface area (Å²) in [4.78, 5) is 0. The zero-order valence-electron chi connectivity index (χ0n) is 6.70. The molecule has 0 saturated carbocycles. The van der Waals surface area contributed by atoms with Crippen LogP contribution in [-0.2, 0) is 0 Å². The zero-order chi connectivity index (χ0) is 8.36. The Morgan fingerprint density at radius 1 is 1.40 bits per heavy atom. The maximum atomic E-state index is 12.0. The minimum Gasteiger partial charge on any atom is -0.321 e. The van der Waals surface area contributed by atoms with Gasteiger partial charge in [-0.2, -0.15) is 0 Å². The van der Waals surface area contributed by atoms with Crippen LogP contribution in [0, 0.1) is 5.92 Å². The molecule has 0 aromatic carbocycles. The van der Waals surface area contributed by atoms with Crippen LogP contribution in [0.3, 0.4) is 0 Å². The molecular formula is C7H15F2N. The molecule has 3 heteroatoms. The van der Waals surface area contributed by atoms with Crippen molar-refractivity contribution in [1.82, 2.24) is 0 Å². The third-order valence-corrected chi connectivity index (χ3v) is 1.35. The number of halogens is 2. The third-order valence-electron chi connectivity index (χ3n) is 1.35. The molecule has 0 radical (unpaired) electrons. The molecule has 0 aromatic rings. The van der Waals surface area contributed by atoms with Gasteiger partial charge in [-0.1, -0.05) is 13.8 Å². The highest BCUT2D eigenvalue weighted by molar-refractivity contribution is 4.82. The fraction of sp³-hybridized carbons (Fsp3) is 1.00. The van der Waals surface area contributed by atoms with Crippen LogP contribution in [0.4, 0.5) is 8.78 Å². The summed E-state index contributed by atoms with van der Waals surface area (Å²) in [6, 6.07) is 0. The minimum atomic E-state index is -2.42. The van der Waals surface area contributed by atoms with Crippen molar-refractivity contribution in [2.24, 2.45) is 11.7 Å². The van der Waals surface area contributed by atoms with Gasteiger partial charge in [-0.15, -0.1) is 0 Å². The predicted octanol–water partition coefficient (Wildman–Crippen LogP) is 2.01. The van der Waals surface area contributed by atoms with Crippen molar-refractivity contribution in [3.8, 4) is 0 Å².